The molecule has 1 unspecified atom stereocenters. The average molecular weight is 329 g/mol. The quantitative estimate of drug-likeness (QED) is 0.885. The van der Waals surface area contributed by atoms with E-state index in [2.05, 4.69) is 38.6 Å². The summed E-state index contributed by atoms with van der Waals surface area (Å²) in [7, 11) is 0. The van der Waals surface area contributed by atoms with Gasteiger partial charge in [-0.2, -0.15) is 5.10 Å². The maximum absolute atomic E-state index is 12.0. The summed E-state index contributed by atoms with van der Waals surface area (Å²) in [6, 6.07) is 0. The summed E-state index contributed by atoms with van der Waals surface area (Å²) < 4.78 is 2.01. The summed E-state index contributed by atoms with van der Waals surface area (Å²) in [5, 5.41) is 10.9. The van der Waals surface area contributed by atoms with Crippen molar-refractivity contribution in [1.29, 1.82) is 0 Å². The Labute approximate surface area is 121 Å². The molecule has 1 fully saturated rings. The molecule has 1 atom stereocenters. The van der Waals surface area contributed by atoms with Gasteiger partial charge in [0.25, 0.3) is 5.56 Å². The summed E-state index contributed by atoms with van der Waals surface area (Å²) >= 11 is 3.36. The highest BCUT2D eigenvalue weighted by atomic mass is 79.9. The predicted molar refractivity (Wildman–Crippen MR) is 80.6 cm³/mol. The van der Waals surface area contributed by atoms with Crippen molar-refractivity contribution < 1.29 is 0 Å². The summed E-state index contributed by atoms with van der Waals surface area (Å²) in [6.07, 6.45) is 4.12. The molecule has 0 saturated carbocycles. The SMILES string of the molecule is CCn1ncc(NCC2(C)CCCNC2)c(Br)c1=O. The third-order valence-electron chi connectivity index (χ3n) is 3.68. The Kier molecular flexibility index (Phi) is 4.62. The van der Waals surface area contributed by atoms with E-state index in [9.17, 15) is 4.79 Å². The number of halogens is 1. The van der Waals surface area contributed by atoms with Crippen molar-refractivity contribution in [2.75, 3.05) is 25.0 Å². The lowest BCUT2D eigenvalue weighted by atomic mass is 9.83. The summed E-state index contributed by atoms with van der Waals surface area (Å²) in [6.45, 7) is 7.71. The van der Waals surface area contributed by atoms with Gasteiger partial charge in [-0.05, 0) is 47.7 Å². The number of hydrogen-bond acceptors (Lipinski definition) is 4. The van der Waals surface area contributed by atoms with Gasteiger partial charge in [0.05, 0.1) is 11.9 Å². The van der Waals surface area contributed by atoms with Crippen LogP contribution in [-0.2, 0) is 6.54 Å². The van der Waals surface area contributed by atoms with Gasteiger partial charge >= 0.3 is 0 Å². The number of aryl methyl sites for hydroxylation is 1. The monoisotopic (exact) mass is 328 g/mol. The minimum atomic E-state index is -0.0839. The van der Waals surface area contributed by atoms with Crippen molar-refractivity contribution in [3.05, 3.63) is 21.0 Å². The van der Waals surface area contributed by atoms with Gasteiger partial charge in [-0.3, -0.25) is 4.79 Å². The topological polar surface area (TPSA) is 59.0 Å². The molecule has 1 aliphatic heterocycles. The van der Waals surface area contributed by atoms with Crippen LogP contribution in [-0.4, -0.2) is 29.4 Å². The number of piperidine rings is 1. The number of nitrogens with zero attached hydrogens (tertiary/aromatic N) is 2. The summed E-state index contributed by atoms with van der Waals surface area (Å²) in [5.74, 6) is 0. The third-order valence-corrected chi connectivity index (χ3v) is 4.44. The fraction of sp³-hybridized carbons (Fsp3) is 0.692. The zero-order valence-corrected chi connectivity index (χ0v) is 13.1. The molecule has 0 aromatic carbocycles. The second-order valence-electron chi connectivity index (χ2n) is 5.44. The van der Waals surface area contributed by atoms with Crippen molar-refractivity contribution >= 4 is 21.6 Å². The van der Waals surface area contributed by atoms with Crippen molar-refractivity contribution in [2.24, 2.45) is 5.41 Å². The molecular weight excluding hydrogens is 308 g/mol. The van der Waals surface area contributed by atoms with Crippen LogP contribution < -0.4 is 16.2 Å². The molecule has 1 aromatic heterocycles. The summed E-state index contributed by atoms with van der Waals surface area (Å²) in [5.41, 5.74) is 0.929. The van der Waals surface area contributed by atoms with E-state index in [0.717, 1.165) is 25.3 Å². The first kappa shape index (κ1) is 14.5. The van der Waals surface area contributed by atoms with Crippen LogP contribution in [0, 0.1) is 5.41 Å². The Bertz CT molecular complexity index is 494. The lowest BCUT2D eigenvalue weighted by Crippen LogP contribution is -2.42. The number of rotatable bonds is 4. The minimum absolute atomic E-state index is 0.0839. The van der Waals surface area contributed by atoms with E-state index in [-0.39, 0.29) is 11.0 Å². The molecule has 0 aliphatic carbocycles. The predicted octanol–water partition coefficient (Wildman–Crippen LogP) is 1.83. The molecule has 0 amide bonds. The molecule has 0 bridgehead atoms. The highest BCUT2D eigenvalue weighted by Gasteiger charge is 2.26. The van der Waals surface area contributed by atoms with Gasteiger partial charge in [0.2, 0.25) is 0 Å². The highest BCUT2D eigenvalue weighted by molar-refractivity contribution is 9.10. The second-order valence-corrected chi connectivity index (χ2v) is 6.23. The molecule has 19 heavy (non-hydrogen) atoms. The van der Waals surface area contributed by atoms with E-state index in [4.69, 9.17) is 0 Å². The standard InChI is InChI=1S/C13H21BrN4O/c1-3-18-12(19)11(14)10(7-17-18)16-9-13(2)5-4-6-15-8-13/h7,15-16H,3-6,8-9H2,1-2H3. The minimum Gasteiger partial charge on any atom is -0.382 e. The summed E-state index contributed by atoms with van der Waals surface area (Å²) in [4.78, 5) is 12.0. The largest absolute Gasteiger partial charge is 0.382 e. The maximum atomic E-state index is 12.0. The zero-order chi connectivity index (χ0) is 13.9. The number of hydrogen-bond donors (Lipinski definition) is 2. The Morgan fingerprint density at radius 2 is 2.42 bits per heavy atom. The molecule has 5 nitrogen and oxygen atoms in total. The molecule has 1 saturated heterocycles. The van der Waals surface area contributed by atoms with Gasteiger partial charge in [-0.25, -0.2) is 4.68 Å². The Hall–Kier alpha value is -0.880. The van der Waals surface area contributed by atoms with Crippen molar-refractivity contribution in [3.63, 3.8) is 0 Å². The maximum Gasteiger partial charge on any atom is 0.283 e. The van der Waals surface area contributed by atoms with E-state index in [1.807, 2.05) is 6.92 Å². The Balaban J connectivity index is 2.07. The Morgan fingerprint density at radius 1 is 1.63 bits per heavy atom. The second kappa shape index (κ2) is 6.05. The molecular formula is C13H21BrN4O. The van der Waals surface area contributed by atoms with Crippen LogP contribution in [0.25, 0.3) is 0 Å². The third kappa shape index (κ3) is 3.36. The highest BCUT2D eigenvalue weighted by Crippen LogP contribution is 2.26. The first-order valence-corrected chi connectivity index (χ1v) is 7.55. The van der Waals surface area contributed by atoms with Gasteiger partial charge in [0.15, 0.2) is 0 Å². The van der Waals surface area contributed by atoms with Crippen LogP contribution in [0.3, 0.4) is 0 Å². The first-order chi connectivity index (χ1) is 9.06. The molecule has 0 radical (unpaired) electrons. The van der Waals surface area contributed by atoms with E-state index in [1.54, 1.807) is 6.20 Å². The molecule has 2 rings (SSSR count). The van der Waals surface area contributed by atoms with Crippen LogP contribution in [0.2, 0.25) is 0 Å². The first-order valence-electron chi connectivity index (χ1n) is 6.76. The number of anilines is 1. The number of nitrogens with one attached hydrogen (secondary N) is 2. The van der Waals surface area contributed by atoms with Gasteiger partial charge in [-0.1, -0.05) is 6.92 Å². The van der Waals surface area contributed by atoms with Gasteiger partial charge in [0.1, 0.15) is 4.47 Å². The van der Waals surface area contributed by atoms with E-state index in [1.165, 1.54) is 17.5 Å². The number of aromatic nitrogens is 2. The average Bonchev–Trinajstić information content (AvgIpc) is 2.41. The van der Waals surface area contributed by atoms with Crippen LogP contribution in [0.5, 0.6) is 0 Å². The van der Waals surface area contributed by atoms with E-state index >= 15 is 0 Å². The molecule has 1 aliphatic rings. The van der Waals surface area contributed by atoms with Gasteiger partial charge < -0.3 is 10.6 Å². The van der Waals surface area contributed by atoms with E-state index < -0.39 is 0 Å². The molecule has 6 heteroatoms. The lowest BCUT2D eigenvalue weighted by Gasteiger charge is -2.34. The molecule has 0 spiro atoms. The van der Waals surface area contributed by atoms with Crippen molar-refractivity contribution in [1.82, 2.24) is 15.1 Å². The van der Waals surface area contributed by atoms with Crippen LogP contribution >= 0.6 is 15.9 Å². The normalized spacial score (nSPS) is 23.3. The smallest absolute Gasteiger partial charge is 0.283 e. The lowest BCUT2D eigenvalue weighted by molar-refractivity contribution is 0.253. The van der Waals surface area contributed by atoms with Crippen LogP contribution in [0.1, 0.15) is 26.7 Å². The molecule has 2 N–H and O–H groups in total. The van der Waals surface area contributed by atoms with Gasteiger partial charge in [0, 0.05) is 19.6 Å². The molecule has 2 heterocycles. The van der Waals surface area contributed by atoms with Crippen LogP contribution in [0.15, 0.2) is 15.5 Å². The fourth-order valence-electron chi connectivity index (χ4n) is 2.39. The Morgan fingerprint density at radius 3 is 3.05 bits per heavy atom. The van der Waals surface area contributed by atoms with E-state index in [0.29, 0.717) is 11.0 Å². The molecule has 1 aromatic rings. The van der Waals surface area contributed by atoms with Crippen molar-refractivity contribution in [2.45, 2.75) is 33.2 Å². The molecule has 106 valence electrons. The fourth-order valence-corrected chi connectivity index (χ4v) is 2.84. The van der Waals surface area contributed by atoms with Gasteiger partial charge in [-0.15, -0.1) is 0 Å². The zero-order valence-electron chi connectivity index (χ0n) is 11.5. The van der Waals surface area contributed by atoms with Crippen LogP contribution in [0.4, 0.5) is 5.69 Å². The van der Waals surface area contributed by atoms with Crippen molar-refractivity contribution in [3.8, 4) is 0 Å².